The lowest BCUT2D eigenvalue weighted by molar-refractivity contribution is -0.128. The Bertz CT molecular complexity index is 1400. The van der Waals surface area contributed by atoms with Crippen LogP contribution in [-0.4, -0.2) is 72.8 Å². The highest BCUT2D eigenvalue weighted by atomic mass is 35.5. The number of nitrogens with zero attached hydrogens (tertiary/aromatic N) is 3. The zero-order valence-electron chi connectivity index (χ0n) is 21.6. The highest BCUT2D eigenvalue weighted by molar-refractivity contribution is 8.04. The van der Waals surface area contributed by atoms with Crippen molar-refractivity contribution in [2.75, 3.05) is 44.1 Å². The van der Waals surface area contributed by atoms with Gasteiger partial charge in [-0.05, 0) is 42.3 Å². The summed E-state index contributed by atoms with van der Waals surface area (Å²) in [5.41, 5.74) is 1.72. The molecular formula is C27H27ClN4O6S. The van der Waals surface area contributed by atoms with Gasteiger partial charge >= 0.3 is 6.03 Å². The van der Waals surface area contributed by atoms with Gasteiger partial charge in [-0.25, -0.2) is 9.69 Å². The second-order valence-corrected chi connectivity index (χ2v) is 11.0. The van der Waals surface area contributed by atoms with Crippen LogP contribution < -0.4 is 19.7 Å². The lowest BCUT2D eigenvalue weighted by Gasteiger charge is -2.42. The van der Waals surface area contributed by atoms with Crippen LogP contribution in [0.15, 0.2) is 52.9 Å². The molecule has 5 amide bonds. The van der Waals surface area contributed by atoms with Gasteiger partial charge in [-0.1, -0.05) is 17.7 Å². The molecule has 5 rings (SSSR count). The Labute approximate surface area is 234 Å². The molecule has 2 atom stereocenters. The van der Waals surface area contributed by atoms with Gasteiger partial charge in [-0.3, -0.25) is 14.4 Å². The molecule has 0 bridgehead atoms. The van der Waals surface area contributed by atoms with Crippen molar-refractivity contribution >= 4 is 58.5 Å². The predicted octanol–water partition coefficient (Wildman–Crippen LogP) is 3.96. The van der Waals surface area contributed by atoms with E-state index in [0.29, 0.717) is 47.4 Å². The van der Waals surface area contributed by atoms with E-state index in [4.69, 9.17) is 21.1 Å². The average molecular weight is 571 g/mol. The third-order valence-corrected chi connectivity index (χ3v) is 8.67. The molecule has 12 heteroatoms. The van der Waals surface area contributed by atoms with Crippen molar-refractivity contribution in [3.8, 4) is 11.5 Å². The summed E-state index contributed by atoms with van der Waals surface area (Å²) in [7, 11) is 3.01. The molecule has 0 aromatic heterocycles. The van der Waals surface area contributed by atoms with Crippen molar-refractivity contribution < 1.29 is 28.7 Å². The monoisotopic (exact) mass is 570 g/mol. The number of ether oxygens (including phenoxy) is 2. The normalized spacial score (nSPS) is 20.6. The molecule has 2 unspecified atom stereocenters. The van der Waals surface area contributed by atoms with Gasteiger partial charge in [0.25, 0.3) is 0 Å². The molecule has 0 spiro atoms. The van der Waals surface area contributed by atoms with E-state index in [2.05, 4.69) is 5.32 Å². The van der Waals surface area contributed by atoms with Crippen molar-refractivity contribution in [3.63, 3.8) is 0 Å². The van der Waals surface area contributed by atoms with Crippen LogP contribution in [0.3, 0.4) is 0 Å². The maximum Gasteiger partial charge on any atom is 0.332 e. The van der Waals surface area contributed by atoms with Crippen molar-refractivity contribution in [2.24, 2.45) is 5.92 Å². The summed E-state index contributed by atoms with van der Waals surface area (Å²) >= 11 is 7.56. The second kappa shape index (κ2) is 10.8. The number of halogens is 1. The second-order valence-electron chi connectivity index (χ2n) is 9.31. The minimum absolute atomic E-state index is 0.0499. The molecule has 1 fully saturated rings. The number of urea groups is 1. The lowest BCUT2D eigenvalue weighted by Crippen LogP contribution is -2.61. The van der Waals surface area contributed by atoms with E-state index in [1.807, 2.05) is 0 Å². The molecule has 0 aliphatic carbocycles. The minimum Gasteiger partial charge on any atom is -0.493 e. The molecule has 3 aliphatic rings. The average Bonchev–Trinajstić information content (AvgIpc) is 3.30. The van der Waals surface area contributed by atoms with Crippen molar-refractivity contribution in [2.45, 2.75) is 18.7 Å². The number of fused-ring (bicyclic) bond motifs is 2. The topological polar surface area (TPSA) is 108 Å². The van der Waals surface area contributed by atoms with Crippen LogP contribution in [0, 0.1) is 5.92 Å². The molecule has 2 aromatic carbocycles. The maximum atomic E-state index is 13.8. The lowest BCUT2D eigenvalue weighted by atomic mass is 9.90. The molecule has 1 saturated heterocycles. The third kappa shape index (κ3) is 5.04. The summed E-state index contributed by atoms with van der Waals surface area (Å²) in [6.45, 7) is 2.10. The fourth-order valence-corrected chi connectivity index (χ4v) is 6.91. The minimum atomic E-state index is -0.635. The standard InChI is InChI=1S/C27H27ClN4O6S/c1-15(33)30-10-9-19-22(13-30)39-26-24(19)25(35)32(18-6-4-5-16(28)11-18)27(36)31(26)14-23(34)29-17-7-8-20(37-2)21(12-17)38-3/h4-8,11-12,24,26H,9-10,13-14H2,1-3H3,(H,29,34). The molecule has 3 aliphatic heterocycles. The van der Waals surface area contributed by atoms with Crippen LogP contribution in [0.2, 0.25) is 5.02 Å². The Morgan fingerprint density at radius 1 is 1.10 bits per heavy atom. The van der Waals surface area contributed by atoms with E-state index in [1.54, 1.807) is 47.4 Å². The van der Waals surface area contributed by atoms with Crippen molar-refractivity contribution in [1.29, 1.82) is 0 Å². The summed E-state index contributed by atoms with van der Waals surface area (Å²) in [5, 5.41) is 2.58. The number of hydrogen-bond acceptors (Lipinski definition) is 7. The van der Waals surface area contributed by atoms with Crippen LogP contribution in [0.1, 0.15) is 13.3 Å². The summed E-state index contributed by atoms with van der Waals surface area (Å²) in [6.07, 6.45) is 0.526. The number of amides is 5. The van der Waals surface area contributed by atoms with Gasteiger partial charge in [0.15, 0.2) is 11.5 Å². The van der Waals surface area contributed by atoms with Crippen molar-refractivity contribution in [3.05, 3.63) is 58.0 Å². The van der Waals surface area contributed by atoms with Gasteiger partial charge < -0.3 is 24.6 Å². The molecule has 1 N–H and O–H groups in total. The Hall–Kier alpha value is -3.70. The van der Waals surface area contributed by atoms with Gasteiger partial charge in [0.1, 0.15) is 6.54 Å². The Kier molecular flexibility index (Phi) is 7.46. The molecule has 3 heterocycles. The summed E-state index contributed by atoms with van der Waals surface area (Å²) < 4.78 is 10.6. The maximum absolute atomic E-state index is 13.8. The number of nitrogens with one attached hydrogen (secondary N) is 1. The number of hydrogen-bond donors (Lipinski definition) is 1. The molecular weight excluding hydrogens is 544 g/mol. The van der Waals surface area contributed by atoms with Gasteiger partial charge in [0, 0.05) is 35.2 Å². The van der Waals surface area contributed by atoms with E-state index in [-0.39, 0.29) is 18.4 Å². The van der Waals surface area contributed by atoms with Crippen LogP contribution >= 0.6 is 23.4 Å². The number of methoxy groups -OCH3 is 2. The Morgan fingerprint density at radius 3 is 2.56 bits per heavy atom. The largest absolute Gasteiger partial charge is 0.493 e. The fraction of sp³-hybridized carbons (Fsp3) is 0.333. The Morgan fingerprint density at radius 2 is 1.87 bits per heavy atom. The van der Waals surface area contributed by atoms with Crippen LogP contribution in [0.25, 0.3) is 0 Å². The number of imide groups is 1. The van der Waals surface area contributed by atoms with E-state index in [0.717, 1.165) is 15.4 Å². The smallest absolute Gasteiger partial charge is 0.332 e. The first-order valence-corrected chi connectivity index (χ1v) is 13.5. The van der Waals surface area contributed by atoms with Gasteiger partial charge in [-0.15, -0.1) is 11.8 Å². The first kappa shape index (κ1) is 26.9. The van der Waals surface area contributed by atoms with Gasteiger partial charge in [-0.2, -0.15) is 0 Å². The number of anilines is 2. The fourth-order valence-electron chi connectivity index (χ4n) is 5.11. The zero-order chi connectivity index (χ0) is 27.8. The number of rotatable bonds is 6. The van der Waals surface area contributed by atoms with Gasteiger partial charge in [0.05, 0.1) is 37.7 Å². The Balaban J connectivity index is 1.45. The van der Waals surface area contributed by atoms with E-state index in [9.17, 15) is 19.2 Å². The third-order valence-electron chi connectivity index (χ3n) is 6.99. The van der Waals surface area contributed by atoms with Crippen molar-refractivity contribution in [1.82, 2.24) is 9.80 Å². The first-order valence-electron chi connectivity index (χ1n) is 12.3. The summed E-state index contributed by atoms with van der Waals surface area (Å²) in [4.78, 5) is 58.0. The molecule has 204 valence electrons. The predicted molar refractivity (Wildman–Crippen MR) is 148 cm³/mol. The SMILES string of the molecule is COc1ccc(NC(=O)CN2C(=O)N(c3cccc(Cl)c3)C(=O)C3C4=C(CN(C(C)=O)CC4)SC32)cc1OC. The van der Waals surface area contributed by atoms with E-state index in [1.165, 1.54) is 37.8 Å². The summed E-state index contributed by atoms with van der Waals surface area (Å²) in [6, 6.07) is 10.9. The number of carbonyl (C=O) groups excluding carboxylic acids is 4. The molecule has 39 heavy (non-hydrogen) atoms. The highest BCUT2D eigenvalue weighted by Crippen LogP contribution is 2.50. The molecule has 2 aromatic rings. The van der Waals surface area contributed by atoms with E-state index >= 15 is 0 Å². The molecule has 0 radical (unpaired) electrons. The first-order chi connectivity index (χ1) is 18.7. The quantitative estimate of drug-likeness (QED) is 0.560. The number of benzene rings is 2. The molecule has 0 saturated carbocycles. The zero-order valence-corrected chi connectivity index (χ0v) is 23.2. The van der Waals surface area contributed by atoms with Gasteiger partial charge in [0.2, 0.25) is 17.7 Å². The summed E-state index contributed by atoms with van der Waals surface area (Å²) in [5.74, 6) is -0.529. The van der Waals surface area contributed by atoms with Crippen LogP contribution in [-0.2, 0) is 14.4 Å². The number of thioether (sulfide) groups is 1. The molecule has 10 nitrogen and oxygen atoms in total. The van der Waals surface area contributed by atoms with Crippen LogP contribution in [0.5, 0.6) is 11.5 Å². The van der Waals surface area contributed by atoms with E-state index < -0.39 is 23.2 Å². The number of carbonyl (C=O) groups is 4. The van der Waals surface area contributed by atoms with Crippen LogP contribution in [0.4, 0.5) is 16.2 Å². The highest BCUT2D eigenvalue weighted by Gasteiger charge is 2.54.